The van der Waals surface area contributed by atoms with Crippen LogP contribution >= 0.6 is 15.9 Å². The number of amides is 1. The van der Waals surface area contributed by atoms with Crippen molar-refractivity contribution in [2.45, 2.75) is 23.8 Å². The fraction of sp³-hybridized carbons (Fsp3) is 0.208. The quantitative estimate of drug-likeness (QED) is 0.430. The molecule has 32 heavy (non-hydrogen) atoms. The van der Waals surface area contributed by atoms with Gasteiger partial charge in [-0.05, 0) is 54.3 Å². The topological polar surface area (TPSA) is 84.5 Å². The molecule has 0 aromatic heterocycles. The minimum absolute atomic E-state index is 0.0978. The lowest BCUT2D eigenvalue weighted by Gasteiger charge is -2.19. The number of halogens is 1. The van der Waals surface area contributed by atoms with Gasteiger partial charge in [0.25, 0.3) is 0 Å². The molecule has 2 N–H and O–H groups in total. The van der Waals surface area contributed by atoms with E-state index in [-0.39, 0.29) is 17.2 Å². The van der Waals surface area contributed by atoms with Gasteiger partial charge in [0, 0.05) is 11.0 Å². The van der Waals surface area contributed by atoms with E-state index in [1.807, 2.05) is 54.6 Å². The number of carbonyl (C=O) groups is 1. The Bertz CT molecular complexity index is 1140. The lowest BCUT2D eigenvalue weighted by atomic mass is 10.1. The Kier molecular flexibility index (Phi) is 8.44. The predicted molar refractivity (Wildman–Crippen MR) is 128 cm³/mol. The first-order valence-electron chi connectivity index (χ1n) is 10.1. The molecule has 0 spiro atoms. The highest BCUT2D eigenvalue weighted by Gasteiger charge is 2.26. The maximum absolute atomic E-state index is 13.0. The summed E-state index contributed by atoms with van der Waals surface area (Å²) in [6.07, 6.45) is 0.796. The minimum Gasteiger partial charge on any atom is -0.496 e. The number of ether oxygens (including phenoxy) is 1. The van der Waals surface area contributed by atoms with Crippen LogP contribution in [0.5, 0.6) is 5.75 Å². The summed E-state index contributed by atoms with van der Waals surface area (Å²) >= 11 is 3.30. The molecule has 0 saturated carbocycles. The van der Waals surface area contributed by atoms with Crippen molar-refractivity contribution >= 4 is 31.9 Å². The summed E-state index contributed by atoms with van der Waals surface area (Å²) < 4.78 is 34.5. The van der Waals surface area contributed by atoms with Crippen molar-refractivity contribution in [1.82, 2.24) is 10.0 Å². The van der Waals surface area contributed by atoms with E-state index in [0.29, 0.717) is 13.0 Å². The Labute approximate surface area is 197 Å². The van der Waals surface area contributed by atoms with Crippen molar-refractivity contribution in [3.05, 3.63) is 94.5 Å². The van der Waals surface area contributed by atoms with Crippen LogP contribution in [0.4, 0.5) is 0 Å². The number of carbonyl (C=O) groups excluding carboxylic acids is 1. The number of hydrogen-bond donors (Lipinski definition) is 2. The average molecular weight is 517 g/mol. The standard InChI is InChI=1S/C24H25BrN2O4S/c1-31-23-10-6-5-9-19(23)15-16-26-24(28)22(17-18-7-3-2-4-8-18)27-32(29,30)21-13-11-20(25)12-14-21/h2-14,22,27H,15-17H2,1H3,(H,26,28)/t22-/m1/s1. The zero-order chi connectivity index (χ0) is 23.0. The Morgan fingerprint density at radius 1 is 0.969 bits per heavy atom. The van der Waals surface area contributed by atoms with Gasteiger partial charge in [-0.2, -0.15) is 4.72 Å². The Hall–Kier alpha value is -2.68. The zero-order valence-corrected chi connectivity index (χ0v) is 20.0. The maximum atomic E-state index is 13.0. The van der Waals surface area contributed by atoms with E-state index in [1.165, 1.54) is 12.1 Å². The highest BCUT2D eigenvalue weighted by atomic mass is 79.9. The molecule has 0 aliphatic heterocycles. The van der Waals surface area contributed by atoms with Crippen LogP contribution < -0.4 is 14.8 Å². The predicted octanol–water partition coefficient (Wildman–Crippen LogP) is 3.71. The number of rotatable bonds is 10. The Morgan fingerprint density at radius 3 is 2.31 bits per heavy atom. The van der Waals surface area contributed by atoms with Crippen molar-refractivity contribution in [3.8, 4) is 5.75 Å². The van der Waals surface area contributed by atoms with E-state index in [2.05, 4.69) is 26.0 Å². The first-order chi connectivity index (χ1) is 15.4. The molecular formula is C24H25BrN2O4S. The summed E-state index contributed by atoms with van der Waals surface area (Å²) in [6.45, 7) is 0.352. The number of hydrogen-bond acceptors (Lipinski definition) is 4. The molecule has 0 fully saturated rings. The van der Waals surface area contributed by atoms with Crippen LogP contribution in [0, 0.1) is 0 Å². The lowest BCUT2D eigenvalue weighted by molar-refractivity contribution is -0.122. The van der Waals surface area contributed by atoms with E-state index in [1.54, 1.807) is 19.2 Å². The second kappa shape index (κ2) is 11.3. The molecule has 0 heterocycles. The molecule has 0 aliphatic carbocycles. The summed E-state index contributed by atoms with van der Waals surface area (Å²) in [7, 11) is -2.28. The highest BCUT2D eigenvalue weighted by Crippen LogP contribution is 2.18. The van der Waals surface area contributed by atoms with Crippen molar-refractivity contribution in [2.75, 3.05) is 13.7 Å². The summed E-state index contributed by atoms with van der Waals surface area (Å²) in [5.74, 6) is 0.364. The molecule has 0 unspecified atom stereocenters. The van der Waals surface area contributed by atoms with Crippen molar-refractivity contribution in [1.29, 1.82) is 0 Å². The lowest BCUT2D eigenvalue weighted by Crippen LogP contribution is -2.48. The highest BCUT2D eigenvalue weighted by molar-refractivity contribution is 9.10. The van der Waals surface area contributed by atoms with Crippen molar-refractivity contribution in [2.24, 2.45) is 0 Å². The van der Waals surface area contributed by atoms with E-state index in [4.69, 9.17) is 4.74 Å². The van der Waals surface area contributed by atoms with Crippen LogP contribution in [0.1, 0.15) is 11.1 Å². The van der Waals surface area contributed by atoms with Gasteiger partial charge >= 0.3 is 0 Å². The van der Waals surface area contributed by atoms with Crippen LogP contribution in [-0.4, -0.2) is 34.0 Å². The molecule has 0 bridgehead atoms. The summed E-state index contributed by atoms with van der Waals surface area (Å²) in [5.41, 5.74) is 1.82. The first kappa shape index (κ1) is 24.0. The molecule has 3 aromatic carbocycles. The minimum atomic E-state index is -3.88. The molecule has 168 valence electrons. The number of sulfonamides is 1. The second-order valence-electron chi connectivity index (χ2n) is 7.17. The third-order valence-corrected chi connectivity index (χ3v) is 6.92. The van der Waals surface area contributed by atoms with Gasteiger partial charge in [-0.25, -0.2) is 8.42 Å². The van der Waals surface area contributed by atoms with E-state index < -0.39 is 16.1 Å². The molecule has 6 nitrogen and oxygen atoms in total. The molecule has 3 aromatic rings. The number of benzene rings is 3. The Morgan fingerprint density at radius 2 is 1.62 bits per heavy atom. The van der Waals surface area contributed by atoms with Crippen LogP contribution in [0.3, 0.4) is 0 Å². The fourth-order valence-electron chi connectivity index (χ4n) is 3.26. The van der Waals surface area contributed by atoms with Gasteiger partial charge < -0.3 is 10.1 Å². The monoisotopic (exact) mass is 516 g/mol. The number of nitrogens with one attached hydrogen (secondary N) is 2. The third kappa shape index (κ3) is 6.66. The normalized spacial score (nSPS) is 12.2. The van der Waals surface area contributed by atoms with Crippen molar-refractivity contribution in [3.63, 3.8) is 0 Å². The molecule has 0 aliphatic rings. The van der Waals surface area contributed by atoms with Gasteiger partial charge in [0.05, 0.1) is 12.0 Å². The molecule has 1 atom stereocenters. The van der Waals surface area contributed by atoms with E-state index >= 15 is 0 Å². The SMILES string of the molecule is COc1ccccc1CCNC(=O)[C@@H](Cc1ccccc1)NS(=O)(=O)c1ccc(Br)cc1. The smallest absolute Gasteiger partial charge is 0.241 e. The number of para-hydroxylation sites is 1. The van der Waals surface area contributed by atoms with Gasteiger partial charge in [0.1, 0.15) is 11.8 Å². The third-order valence-electron chi connectivity index (χ3n) is 4.91. The molecule has 8 heteroatoms. The van der Waals surface area contributed by atoms with E-state index in [9.17, 15) is 13.2 Å². The zero-order valence-electron chi connectivity index (χ0n) is 17.6. The van der Waals surface area contributed by atoms with Crippen molar-refractivity contribution < 1.29 is 17.9 Å². The summed E-state index contributed by atoms with van der Waals surface area (Å²) in [5, 5.41) is 2.86. The van der Waals surface area contributed by atoms with Gasteiger partial charge in [-0.3, -0.25) is 4.79 Å². The van der Waals surface area contributed by atoms with Crippen LogP contribution in [0.15, 0.2) is 88.2 Å². The molecule has 0 radical (unpaired) electrons. The Balaban J connectivity index is 1.73. The van der Waals surface area contributed by atoms with Crippen LogP contribution in [-0.2, 0) is 27.7 Å². The summed E-state index contributed by atoms with van der Waals surface area (Å²) in [4.78, 5) is 13.1. The molecule has 3 rings (SSSR count). The first-order valence-corrected chi connectivity index (χ1v) is 12.4. The fourth-order valence-corrected chi connectivity index (χ4v) is 4.72. The van der Waals surface area contributed by atoms with Crippen LogP contribution in [0.2, 0.25) is 0 Å². The van der Waals surface area contributed by atoms with Gasteiger partial charge in [-0.1, -0.05) is 64.5 Å². The van der Waals surface area contributed by atoms with E-state index in [0.717, 1.165) is 21.3 Å². The molecule has 0 saturated heterocycles. The van der Waals surface area contributed by atoms with Gasteiger partial charge in [0.2, 0.25) is 15.9 Å². The maximum Gasteiger partial charge on any atom is 0.241 e. The molecule has 1 amide bonds. The largest absolute Gasteiger partial charge is 0.496 e. The van der Waals surface area contributed by atoms with Gasteiger partial charge in [0.15, 0.2) is 0 Å². The second-order valence-corrected chi connectivity index (χ2v) is 9.80. The van der Waals surface area contributed by atoms with Gasteiger partial charge in [-0.15, -0.1) is 0 Å². The number of methoxy groups -OCH3 is 1. The van der Waals surface area contributed by atoms with Crippen LogP contribution in [0.25, 0.3) is 0 Å². The summed E-state index contributed by atoms with van der Waals surface area (Å²) in [6, 6.07) is 22.2. The molecular weight excluding hydrogens is 492 g/mol. The average Bonchev–Trinajstić information content (AvgIpc) is 2.79.